The molecule has 4 heterocycles. The van der Waals surface area contributed by atoms with Crippen LogP contribution in [0.15, 0.2) is 12.4 Å². The predicted molar refractivity (Wildman–Crippen MR) is 162 cm³/mol. The average molecular weight is 721 g/mol. The van der Waals surface area contributed by atoms with Gasteiger partial charge in [-0.3, -0.25) is 9.97 Å². The van der Waals surface area contributed by atoms with Crippen LogP contribution in [0.4, 0.5) is 0 Å². The maximum Gasteiger partial charge on any atom is 0.335 e. The number of hydrogen-bond donors (Lipinski definition) is 10. The molecular formula is C28H36N2O16S2. The summed E-state index contributed by atoms with van der Waals surface area (Å²) < 4.78 is 21.8. The zero-order valence-corrected chi connectivity index (χ0v) is 27.0. The minimum absolute atomic E-state index is 0.0145. The summed E-state index contributed by atoms with van der Waals surface area (Å²) in [4.78, 5) is 31.5. The molecule has 0 saturated carbocycles. The lowest BCUT2D eigenvalue weighted by Gasteiger charge is -2.38. The molecule has 10 unspecified atom stereocenters. The van der Waals surface area contributed by atoms with Crippen LogP contribution in [0, 0.1) is 13.8 Å². The second-order valence-corrected chi connectivity index (χ2v) is 13.4. The van der Waals surface area contributed by atoms with Crippen molar-refractivity contribution < 1.29 is 79.6 Å². The van der Waals surface area contributed by atoms with E-state index in [-0.39, 0.29) is 45.5 Å². The molecule has 0 spiro atoms. The van der Waals surface area contributed by atoms with E-state index in [1.54, 1.807) is 0 Å². The SMILES string of the molecule is Cc1ncc(CSSCc2cnc(C)c(OC3OC(C(=O)O)C(O)C(O)C3O)c2CO)c(CO)c1OC1OC(C(=O)O)C(O)C(O)C1O. The Morgan fingerprint density at radius 3 is 1.33 bits per heavy atom. The summed E-state index contributed by atoms with van der Waals surface area (Å²) in [6.07, 6.45) is -15.5. The topological polar surface area (TPSA) is 299 Å². The fourth-order valence-corrected chi connectivity index (χ4v) is 7.18. The number of carboxylic acid groups (broad SMARTS) is 2. The van der Waals surface area contributed by atoms with Crippen molar-refractivity contribution in [2.75, 3.05) is 0 Å². The lowest BCUT2D eigenvalue weighted by molar-refractivity contribution is -0.271. The molecule has 2 saturated heterocycles. The second kappa shape index (κ2) is 16.2. The van der Waals surface area contributed by atoms with Gasteiger partial charge in [0.1, 0.15) is 48.1 Å². The molecular weight excluding hydrogens is 684 g/mol. The lowest BCUT2D eigenvalue weighted by atomic mass is 9.99. The van der Waals surface area contributed by atoms with Gasteiger partial charge in [-0.2, -0.15) is 0 Å². The minimum Gasteiger partial charge on any atom is -0.479 e. The van der Waals surface area contributed by atoms with Crippen LogP contribution in [0.5, 0.6) is 11.5 Å². The Morgan fingerprint density at radius 2 is 1.02 bits per heavy atom. The molecule has 18 nitrogen and oxygen atoms in total. The molecule has 2 aliphatic rings. The van der Waals surface area contributed by atoms with Crippen molar-refractivity contribution in [1.82, 2.24) is 9.97 Å². The van der Waals surface area contributed by atoms with E-state index in [0.717, 1.165) is 0 Å². The van der Waals surface area contributed by atoms with Crippen LogP contribution in [-0.4, -0.2) is 134 Å². The van der Waals surface area contributed by atoms with Crippen molar-refractivity contribution in [2.45, 2.75) is 100.0 Å². The van der Waals surface area contributed by atoms with Crippen molar-refractivity contribution in [3.8, 4) is 11.5 Å². The highest BCUT2D eigenvalue weighted by Gasteiger charge is 2.49. The summed E-state index contributed by atoms with van der Waals surface area (Å²) in [5.74, 6) is -2.71. The standard InChI is InChI=1S/C28H36N2O16S2/c1-9-21(43-27-19(37)15(33)17(35)23(45-27)25(39)40)13(5-31)11(3-29-9)7-47-48-8-12-4-30-10(2)22(14(12)6-32)44-28-20(38)16(34)18(36)24(46-28)26(41)42/h3-4,15-20,23-24,27-28,31-38H,5-8H2,1-2H3,(H,39,40)(H,41,42). The molecule has 0 aliphatic carbocycles. The third kappa shape index (κ3) is 7.95. The Labute approximate surface area is 280 Å². The van der Waals surface area contributed by atoms with Crippen LogP contribution in [0.2, 0.25) is 0 Å². The van der Waals surface area contributed by atoms with Gasteiger partial charge in [0.05, 0.1) is 24.6 Å². The van der Waals surface area contributed by atoms with E-state index >= 15 is 0 Å². The van der Waals surface area contributed by atoms with Gasteiger partial charge >= 0.3 is 11.9 Å². The smallest absolute Gasteiger partial charge is 0.335 e. The molecule has 266 valence electrons. The number of nitrogens with zero attached hydrogens (tertiary/aromatic N) is 2. The number of hydrogen-bond acceptors (Lipinski definition) is 18. The van der Waals surface area contributed by atoms with Crippen molar-refractivity contribution in [3.63, 3.8) is 0 Å². The fraction of sp³-hybridized carbons (Fsp3) is 0.571. The molecule has 10 atom stereocenters. The third-order valence-corrected chi connectivity index (χ3v) is 9.96. The first-order valence-electron chi connectivity index (χ1n) is 14.3. The highest BCUT2D eigenvalue weighted by molar-refractivity contribution is 8.76. The molecule has 4 rings (SSSR count). The van der Waals surface area contributed by atoms with Crippen LogP contribution >= 0.6 is 21.6 Å². The minimum atomic E-state index is -1.91. The molecule has 2 aromatic rings. The van der Waals surface area contributed by atoms with Gasteiger partial charge in [-0.05, 0) is 25.0 Å². The molecule has 0 amide bonds. The number of rotatable bonds is 13. The molecule has 0 radical (unpaired) electrons. The van der Waals surface area contributed by atoms with Gasteiger partial charge in [0, 0.05) is 35.0 Å². The van der Waals surface area contributed by atoms with Crippen LogP contribution < -0.4 is 9.47 Å². The molecule has 48 heavy (non-hydrogen) atoms. The Morgan fingerprint density at radius 1 is 0.667 bits per heavy atom. The maximum absolute atomic E-state index is 11.5. The first-order valence-corrected chi connectivity index (χ1v) is 16.8. The number of ether oxygens (including phenoxy) is 4. The highest BCUT2D eigenvalue weighted by Crippen LogP contribution is 2.38. The monoisotopic (exact) mass is 720 g/mol. The van der Waals surface area contributed by atoms with E-state index in [0.29, 0.717) is 11.1 Å². The van der Waals surface area contributed by atoms with E-state index in [1.165, 1.54) is 47.8 Å². The van der Waals surface area contributed by atoms with Gasteiger partial charge in [-0.25, -0.2) is 9.59 Å². The summed E-state index contributed by atoms with van der Waals surface area (Å²) in [6.45, 7) is 1.99. The summed E-state index contributed by atoms with van der Waals surface area (Å²) in [5, 5.41) is 100.0. The van der Waals surface area contributed by atoms with E-state index in [4.69, 9.17) is 18.9 Å². The Hall–Kier alpha value is -2.86. The lowest BCUT2D eigenvalue weighted by Crippen LogP contribution is -2.61. The summed E-state index contributed by atoms with van der Waals surface area (Å²) >= 11 is 0. The number of carboxylic acids is 2. The van der Waals surface area contributed by atoms with E-state index < -0.39 is 86.6 Å². The number of aliphatic hydroxyl groups excluding tert-OH is 8. The third-order valence-electron chi connectivity index (χ3n) is 7.73. The number of pyridine rings is 2. The summed E-state index contributed by atoms with van der Waals surface area (Å²) in [6, 6.07) is 0. The van der Waals surface area contributed by atoms with Gasteiger partial charge in [0.2, 0.25) is 12.6 Å². The zero-order chi connectivity index (χ0) is 35.4. The van der Waals surface area contributed by atoms with Crippen LogP contribution in [0.25, 0.3) is 0 Å². The van der Waals surface area contributed by atoms with Crippen molar-refractivity contribution in [2.24, 2.45) is 0 Å². The van der Waals surface area contributed by atoms with Gasteiger partial charge in [-0.15, -0.1) is 0 Å². The van der Waals surface area contributed by atoms with Crippen LogP contribution in [-0.2, 0) is 43.8 Å². The number of carbonyl (C=O) groups is 2. The summed E-state index contributed by atoms with van der Waals surface area (Å²) in [5.41, 5.74) is 2.03. The molecule has 0 aromatic carbocycles. The maximum atomic E-state index is 11.5. The number of aryl methyl sites for hydroxylation is 2. The summed E-state index contributed by atoms with van der Waals surface area (Å²) in [7, 11) is 2.61. The molecule has 0 bridgehead atoms. The Balaban J connectivity index is 1.46. The molecule has 2 aliphatic heterocycles. The van der Waals surface area contributed by atoms with E-state index in [2.05, 4.69) is 9.97 Å². The Kier molecular flexibility index (Phi) is 12.8. The van der Waals surface area contributed by atoms with Gasteiger partial charge < -0.3 is 70.0 Å². The van der Waals surface area contributed by atoms with Gasteiger partial charge in [0.25, 0.3) is 0 Å². The fourth-order valence-electron chi connectivity index (χ4n) is 5.00. The largest absolute Gasteiger partial charge is 0.479 e. The van der Waals surface area contributed by atoms with E-state index in [9.17, 15) is 60.7 Å². The van der Waals surface area contributed by atoms with Crippen molar-refractivity contribution in [3.05, 3.63) is 46.0 Å². The Bertz CT molecular complexity index is 1360. The highest BCUT2D eigenvalue weighted by atomic mass is 33.1. The average Bonchev–Trinajstić information content (AvgIpc) is 3.05. The first kappa shape index (κ1) is 38.0. The normalized spacial score (nSPS) is 30.5. The second-order valence-electron chi connectivity index (χ2n) is 10.9. The van der Waals surface area contributed by atoms with Crippen molar-refractivity contribution >= 4 is 33.5 Å². The van der Waals surface area contributed by atoms with E-state index in [1.807, 2.05) is 0 Å². The predicted octanol–water partition coefficient (Wildman–Crippen LogP) is -2.30. The molecule has 10 N–H and O–H groups in total. The number of aliphatic carboxylic acids is 2. The van der Waals surface area contributed by atoms with Gasteiger partial charge in [-0.1, -0.05) is 21.6 Å². The van der Waals surface area contributed by atoms with Crippen LogP contribution in [0.3, 0.4) is 0 Å². The molecule has 2 fully saturated rings. The first-order chi connectivity index (χ1) is 22.7. The van der Waals surface area contributed by atoms with Crippen molar-refractivity contribution in [1.29, 1.82) is 0 Å². The molecule has 20 heteroatoms. The quantitative estimate of drug-likeness (QED) is 0.0769. The zero-order valence-electron chi connectivity index (χ0n) is 25.4. The number of aromatic nitrogens is 2. The van der Waals surface area contributed by atoms with Gasteiger partial charge in [0.15, 0.2) is 12.2 Å². The van der Waals surface area contributed by atoms with Crippen LogP contribution in [0.1, 0.15) is 33.6 Å². The molecule has 2 aromatic heterocycles. The number of aliphatic hydroxyl groups is 8.